The molecule has 5 nitrogen and oxygen atoms in total. The van der Waals surface area contributed by atoms with Crippen molar-refractivity contribution >= 4 is 38.8 Å². The van der Waals surface area contributed by atoms with Crippen LogP contribution in [0.1, 0.15) is 38.5 Å². The molecule has 2 aliphatic heterocycles. The van der Waals surface area contributed by atoms with E-state index in [4.69, 9.17) is 4.74 Å². The monoisotopic (exact) mass is 399 g/mol. The van der Waals surface area contributed by atoms with Gasteiger partial charge in [-0.15, -0.1) is 22.7 Å². The van der Waals surface area contributed by atoms with Crippen LogP contribution in [0.3, 0.4) is 0 Å². The van der Waals surface area contributed by atoms with Gasteiger partial charge in [0, 0.05) is 17.8 Å². The summed E-state index contributed by atoms with van der Waals surface area (Å²) in [5.41, 5.74) is 5.00. The predicted molar refractivity (Wildman–Crippen MR) is 109 cm³/mol. The van der Waals surface area contributed by atoms with E-state index in [1.807, 2.05) is 17.6 Å². The van der Waals surface area contributed by atoms with E-state index in [1.165, 1.54) is 10.4 Å². The van der Waals surface area contributed by atoms with Gasteiger partial charge in [0.1, 0.15) is 0 Å². The van der Waals surface area contributed by atoms with E-state index in [-0.39, 0.29) is 11.5 Å². The molecule has 1 aromatic carbocycles. The van der Waals surface area contributed by atoms with Gasteiger partial charge in [-0.2, -0.15) is 0 Å². The minimum Gasteiger partial charge on any atom is -0.370 e. The maximum Gasteiger partial charge on any atom is 0.261 e. The summed E-state index contributed by atoms with van der Waals surface area (Å²) < 4.78 is 7.37. The summed E-state index contributed by atoms with van der Waals surface area (Å²) in [6.45, 7) is 3.21. The van der Waals surface area contributed by atoms with Gasteiger partial charge < -0.3 is 15.4 Å². The molecule has 0 unspecified atom stereocenters. The second kappa shape index (κ2) is 6.98. The first-order valence-electron chi connectivity index (χ1n) is 9.32. The van der Waals surface area contributed by atoms with Crippen LogP contribution in [0.25, 0.3) is 10.2 Å². The quantitative estimate of drug-likeness (QED) is 0.708. The van der Waals surface area contributed by atoms with Crippen LogP contribution in [0.5, 0.6) is 0 Å². The number of carbonyl (C=O) groups is 1. The first-order chi connectivity index (χ1) is 13.3. The lowest BCUT2D eigenvalue weighted by molar-refractivity contribution is -0.0792. The number of nitrogens with zero attached hydrogens (tertiary/aromatic N) is 1. The smallest absolute Gasteiger partial charge is 0.261 e. The Balaban J connectivity index is 1.36. The second-order valence-corrected chi connectivity index (χ2v) is 9.08. The average molecular weight is 400 g/mol. The van der Waals surface area contributed by atoms with Crippen LogP contribution in [0, 0.1) is 0 Å². The molecule has 5 rings (SSSR count). The van der Waals surface area contributed by atoms with E-state index in [0.717, 1.165) is 59.6 Å². The summed E-state index contributed by atoms with van der Waals surface area (Å²) in [7, 11) is 0. The summed E-state index contributed by atoms with van der Waals surface area (Å²) in [6.07, 6.45) is 2.86. The number of amides is 1. The molecule has 0 saturated carbocycles. The lowest BCUT2D eigenvalue weighted by atomic mass is 9.83. The normalized spacial score (nSPS) is 18.5. The summed E-state index contributed by atoms with van der Waals surface area (Å²) in [5, 5.41) is 6.50. The van der Waals surface area contributed by atoms with Crippen molar-refractivity contribution in [1.29, 1.82) is 0 Å². The van der Waals surface area contributed by atoms with Crippen molar-refractivity contribution in [2.24, 2.45) is 0 Å². The highest BCUT2D eigenvalue weighted by atomic mass is 32.1. The Labute approximate surface area is 165 Å². The van der Waals surface area contributed by atoms with Crippen molar-refractivity contribution in [2.45, 2.75) is 31.4 Å². The lowest BCUT2D eigenvalue weighted by Gasteiger charge is -2.40. The van der Waals surface area contributed by atoms with Crippen LogP contribution in [-0.2, 0) is 23.3 Å². The molecule has 2 N–H and O–H groups in total. The second-order valence-electron chi connectivity index (χ2n) is 7.09. The SMILES string of the molecule is O=C(NCc1cccc2ncsc12)c1cc2c(s1)CCOC21CCNCC1. The van der Waals surface area contributed by atoms with Gasteiger partial charge in [0.05, 0.1) is 32.8 Å². The largest absolute Gasteiger partial charge is 0.370 e. The van der Waals surface area contributed by atoms with Crippen molar-refractivity contribution < 1.29 is 9.53 Å². The number of carbonyl (C=O) groups excluding carboxylic acids is 1. The van der Waals surface area contributed by atoms with Crippen LogP contribution in [-0.4, -0.2) is 30.6 Å². The number of aromatic nitrogens is 1. The Bertz CT molecular complexity index is 988. The summed E-state index contributed by atoms with van der Waals surface area (Å²) in [4.78, 5) is 19.3. The number of hydrogen-bond donors (Lipinski definition) is 2. The lowest BCUT2D eigenvalue weighted by Crippen LogP contribution is -2.44. The minimum atomic E-state index is -0.192. The van der Waals surface area contributed by atoms with Gasteiger partial charge in [-0.25, -0.2) is 4.98 Å². The summed E-state index contributed by atoms with van der Waals surface area (Å²) >= 11 is 3.25. The fourth-order valence-corrected chi connectivity index (χ4v) is 6.07. The molecule has 3 aromatic rings. The van der Waals surface area contributed by atoms with Crippen molar-refractivity contribution in [3.05, 3.63) is 50.7 Å². The van der Waals surface area contributed by atoms with E-state index in [9.17, 15) is 4.79 Å². The highest BCUT2D eigenvalue weighted by molar-refractivity contribution is 7.17. The molecular weight excluding hydrogens is 378 g/mol. The minimum absolute atomic E-state index is 0.00000260. The molecule has 0 bridgehead atoms. The van der Waals surface area contributed by atoms with E-state index in [0.29, 0.717) is 6.54 Å². The molecular formula is C20H21N3O2S2. The topological polar surface area (TPSA) is 63.2 Å². The van der Waals surface area contributed by atoms with Gasteiger partial charge in [-0.1, -0.05) is 12.1 Å². The molecule has 2 aromatic heterocycles. The van der Waals surface area contributed by atoms with Crippen molar-refractivity contribution in [3.8, 4) is 0 Å². The Kier molecular flexibility index (Phi) is 4.47. The Morgan fingerprint density at radius 3 is 3.11 bits per heavy atom. The number of fused-ring (bicyclic) bond motifs is 3. The van der Waals surface area contributed by atoms with Gasteiger partial charge >= 0.3 is 0 Å². The summed E-state index contributed by atoms with van der Waals surface area (Å²) in [6, 6.07) is 8.12. The number of thiophene rings is 1. The Morgan fingerprint density at radius 1 is 1.33 bits per heavy atom. The van der Waals surface area contributed by atoms with Crippen LogP contribution in [0.4, 0.5) is 0 Å². The van der Waals surface area contributed by atoms with Gasteiger partial charge in [0.15, 0.2) is 0 Å². The molecule has 1 saturated heterocycles. The Hall–Kier alpha value is -1.80. The highest BCUT2D eigenvalue weighted by Gasteiger charge is 2.40. The molecule has 7 heteroatoms. The van der Waals surface area contributed by atoms with E-state index in [1.54, 1.807) is 22.7 Å². The zero-order valence-corrected chi connectivity index (χ0v) is 16.5. The van der Waals surface area contributed by atoms with E-state index >= 15 is 0 Å². The molecule has 27 heavy (non-hydrogen) atoms. The fraction of sp³-hybridized carbons (Fsp3) is 0.400. The predicted octanol–water partition coefficient (Wildman–Crippen LogP) is 3.44. The standard InChI is InChI=1S/C20H21N3O2S2/c24-19(22-11-13-2-1-3-15-18(13)26-12-23-15)17-10-14-16(27-17)4-9-25-20(14)5-7-21-8-6-20/h1-3,10,12,21H,4-9,11H2,(H,22,24). The van der Waals surface area contributed by atoms with E-state index < -0.39 is 0 Å². The van der Waals surface area contributed by atoms with Crippen LogP contribution < -0.4 is 10.6 Å². The first kappa shape index (κ1) is 17.3. The number of nitrogens with one attached hydrogen (secondary N) is 2. The highest BCUT2D eigenvalue weighted by Crippen LogP contribution is 2.43. The number of benzene rings is 1. The van der Waals surface area contributed by atoms with Crippen molar-refractivity contribution in [1.82, 2.24) is 15.6 Å². The maximum atomic E-state index is 12.8. The van der Waals surface area contributed by atoms with Crippen LogP contribution >= 0.6 is 22.7 Å². The van der Waals surface area contributed by atoms with Gasteiger partial charge in [0.2, 0.25) is 0 Å². The maximum absolute atomic E-state index is 12.8. The zero-order chi connectivity index (χ0) is 18.3. The van der Waals surface area contributed by atoms with Crippen LogP contribution in [0.15, 0.2) is 29.8 Å². The zero-order valence-electron chi connectivity index (χ0n) is 14.9. The van der Waals surface area contributed by atoms with Gasteiger partial charge in [0.25, 0.3) is 5.91 Å². The third-order valence-corrected chi connectivity index (χ3v) is 7.63. The molecule has 140 valence electrons. The summed E-state index contributed by atoms with van der Waals surface area (Å²) in [5.74, 6) is 0.00000260. The number of ether oxygens (including phenoxy) is 1. The average Bonchev–Trinajstić information content (AvgIpc) is 3.35. The molecule has 0 atom stereocenters. The molecule has 1 fully saturated rings. The number of rotatable bonds is 3. The van der Waals surface area contributed by atoms with Crippen molar-refractivity contribution in [3.63, 3.8) is 0 Å². The van der Waals surface area contributed by atoms with Gasteiger partial charge in [-0.3, -0.25) is 4.79 Å². The molecule has 2 aliphatic rings. The third-order valence-electron chi connectivity index (χ3n) is 5.52. The Morgan fingerprint density at radius 2 is 2.22 bits per heavy atom. The number of thiazole rings is 1. The molecule has 0 aliphatic carbocycles. The van der Waals surface area contributed by atoms with Gasteiger partial charge in [-0.05, 0) is 49.2 Å². The molecule has 4 heterocycles. The fourth-order valence-electron chi connectivity index (χ4n) is 4.12. The number of piperidine rings is 1. The van der Waals surface area contributed by atoms with Crippen LogP contribution in [0.2, 0.25) is 0 Å². The molecule has 0 radical (unpaired) electrons. The van der Waals surface area contributed by atoms with Crippen molar-refractivity contribution in [2.75, 3.05) is 19.7 Å². The first-order valence-corrected chi connectivity index (χ1v) is 11.0. The van der Waals surface area contributed by atoms with E-state index in [2.05, 4.69) is 27.8 Å². The number of hydrogen-bond acceptors (Lipinski definition) is 6. The molecule has 1 spiro atoms. The third kappa shape index (κ3) is 3.08. The molecule has 1 amide bonds.